The molecule has 0 radical (unpaired) electrons. The number of amides is 2. The first-order valence-corrected chi connectivity index (χ1v) is 16.9. The minimum absolute atomic E-state index is 0.00796. The van der Waals surface area contributed by atoms with E-state index in [1.807, 2.05) is 0 Å². The Kier molecular flexibility index (Phi) is 13.1. The lowest BCUT2D eigenvalue weighted by Gasteiger charge is -2.59. The van der Waals surface area contributed by atoms with E-state index in [0.29, 0.717) is 13.1 Å². The Hall–Kier alpha value is -1.54. The summed E-state index contributed by atoms with van der Waals surface area (Å²) in [7, 11) is 4.44. The lowest BCUT2D eigenvalue weighted by molar-refractivity contribution is -0.124. The molecule has 0 saturated carbocycles. The molecular formula is C34H66N4O4. The molecule has 0 aromatic carbocycles. The van der Waals surface area contributed by atoms with Gasteiger partial charge in [0.25, 0.3) is 0 Å². The van der Waals surface area contributed by atoms with Crippen LogP contribution in [0, 0.1) is 11.8 Å². The van der Waals surface area contributed by atoms with Crippen LogP contribution in [0.2, 0.25) is 0 Å². The fourth-order valence-corrected chi connectivity index (χ4v) is 7.65. The van der Waals surface area contributed by atoms with Crippen LogP contribution in [0.1, 0.15) is 133 Å². The van der Waals surface area contributed by atoms with Gasteiger partial charge in [-0.15, -0.1) is 0 Å². The van der Waals surface area contributed by atoms with Crippen LogP contribution in [0.5, 0.6) is 0 Å². The molecule has 0 aliphatic carbocycles. The van der Waals surface area contributed by atoms with Gasteiger partial charge in [-0.1, -0.05) is 54.4 Å². The van der Waals surface area contributed by atoms with Gasteiger partial charge in [0.05, 0.1) is 0 Å². The molecule has 2 saturated heterocycles. The number of nitrogens with one attached hydrogen (secondary N) is 2. The Morgan fingerprint density at radius 2 is 0.976 bits per heavy atom. The number of rotatable bonds is 13. The molecule has 8 nitrogen and oxygen atoms in total. The first-order valence-electron chi connectivity index (χ1n) is 16.9. The Morgan fingerprint density at radius 1 is 0.643 bits per heavy atom. The fraction of sp³-hybridized carbons (Fsp3) is 0.941. The van der Waals surface area contributed by atoms with Crippen LogP contribution >= 0.6 is 0 Å². The summed E-state index contributed by atoms with van der Waals surface area (Å²) in [6.45, 7) is 23.7. The third-order valence-corrected chi connectivity index (χ3v) is 12.6. The van der Waals surface area contributed by atoms with E-state index in [-0.39, 0.29) is 58.4 Å². The van der Waals surface area contributed by atoms with Gasteiger partial charge in [0, 0.05) is 59.9 Å². The van der Waals surface area contributed by atoms with E-state index in [4.69, 9.17) is 9.47 Å². The topological polar surface area (TPSA) is 83.1 Å². The maximum absolute atomic E-state index is 12.7. The molecule has 42 heavy (non-hydrogen) atoms. The van der Waals surface area contributed by atoms with Gasteiger partial charge in [0.2, 0.25) is 0 Å². The van der Waals surface area contributed by atoms with Crippen molar-refractivity contribution in [2.24, 2.45) is 11.8 Å². The quantitative estimate of drug-likeness (QED) is 0.217. The highest BCUT2D eigenvalue weighted by Crippen LogP contribution is 2.46. The fourth-order valence-electron chi connectivity index (χ4n) is 7.65. The largest absolute Gasteiger partial charge is 0.446 e. The number of hydrogen-bond acceptors (Lipinski definition) is 6. The zero-order chi connectivity index (χ0) is 31.9. The standard InChI is InChI=1S/C34H66N4O4/c1-13-31(7)23-27(25(5)33(9,15-3)37(31)11)41-29(39)35-21-19-17-18-20-22-36-30(40)42-28-24-32(8,14-2)38(12)34(10,16-4)26(28)6/h25-28H,13-24H2,1-12H3,(H,35,39)(H,36,40). The first-order chi connectivity index (χ1) is 19.6. The van der Waals surface area contributed by atoms with Gasteiger partial charge in [-0.25, -0.2) is 9.59 Å². The van der Waals surface area contributed by atoms with E-state index in [1.54, 1.807) is 0 Å². The normalized spacial score (nSPS) is 37.7. The number of hydrogen-bond donors (Lipinski definition) is 2. The summed E-state index contributed by atoms with van der Waals surface area (Å²) in [5.74, 6) is 0.513. The maximum Gasteiger partial charge on any atom is 0.407 e. The summed E-state index contributed by atoms with van der Waals surface area (Å²) >= 11 is 0. The Bertz CT molecular complexity index is 818. The molecule has 2 rings (SSSR count). The summed E-state index contributed by atoms with van der Waals surface area (Å²) in [5, 5.41) is 5.94. The van der Waals surface area contributed by atoms with Crippen molar-refractivity contribution >= 4 is 12.2 Å². The molecule has 0 bridgehead atoms. The zero-order valence-corrected chi connectivity index (χ0v) is 29.3. The molecule has 2 heterocycles. The lowest BCUT2D eigenvalue weighted by Crippen LogP contribution is -2.66. The lowest BCUT2D eigenvalue weighted by atomic mass is 9.68. The molecular weight excluding hydrogens is 528 g/mol. The van der Waals surface area contributed by atoms with Crippen molar-refractivity contribution in [3.05, 3.63) is 0 Å². The molecule has 0 aromatic rings. The summed E-state index contributed by atoms with van der Waals surface area (Å²) in [4.78, 5) is 30.3. The molecule has 246 valence electrons. The van der Waals surface area contributed by atoms with Crippen molar-refractivity contribution in [1.29, 1.82) is 0 Å². The van der Waals surface area contributed by atoms with Gasteiger partial charge in [0.15, 0.2) is 0 Å². The second-order valence-corrected chi connectivity index (χ2v) is 14.4. The number of unbranched alkanes of at least 4 members (excludes halogenated alkanes) is 3. The van der Waals surface area contributed by atoms with E-state index in [1.165, 1.54) is 0 Å². The predicted molar refractivity (Wildman–Crippen MR) is 173 cm³/mol. The van der Waals surface area contributed by atoms with E-state index < -0.39 is 0 Å². The average Bonchev–Trinajstić information content (AvgIpc) is 2.97. The van der Waals surface area contributed by atoms with Crippen LogP contribution in [0.4, 0.5) is 9.59 Å². The Morgan fingerprint density at radius 3 is 1.26 bits per heavy atom. The van der Waals surface area contributed by atoms with Crippen molar-refractivity contribution in [2.45, 2.75) is 168 Å². The number of carbonyl (C=O) groups excluding carboxylic acids is 2. The van der Waals surface area contributed by atoms with E-state index >= 15 is 0 Å². The number of carbonyl (C=O) groups is 2. The molecule has 0 spiro atoms. The van der Waals surface area contributed by atoms with Gasteiger partial charge < -0.3 is 20.1 Å². The monoisotopic (exact) mass is 595 g/mol. The highest BCUT2D eigenvalue weighted by Gasteiger charge is 2.53. The molecule has 2 N–H and O–H groups in total. The smallest absolute Gasteiger partial charge is 0.407 e. The average molecular weight is 595 g/mol. The summed E-state index contributed by atoms with van der Waals surface area (Å²) in [6.07, 6.45) is 8.73. The summed E-state index contributed by atoms with van der Waals surface area (Å²) in [5.41, 5.74) is 0.0123. The van der Waals surface area contributed by atoms with Crippen LogP contribution in [-0.4, -0.2) is 83.5 Å². The highest BCUT2D eigenvalue weighted by molar-refractivity contribution is 5.67. The van der Waals surface area contributed by atoms with Crippen LogP contribution < -0.4 is 10.6 Å². The first kappa shape index (κ1) is 36.7. The van der Waals surface area contributed by atoms with Crippen molar-refractivity contribution < 1.29 is 19.1 Å². The van der Waals surface area contributed by atoms with Gasteiger partial charge in [-0.2, -0.15) is 0 Å². The molecule has 0 aromatic heterocycles. The van der Waals surface area contributed by atoms with Crippen molar-refractivity contribution in [3.8, 4) is 0 Å². The number of likely N-dealkylation sites (tertiary alicyclic amines) is 2. The van der Waals surface area contributed by atoms with Crippen LogP contribution in [0.15, 0.2) is 0 Å². The van der Waals surface area contributed by atoms with Gasteiger partial charge in [-0.05, 0) is 80.3 Å². The second kappa shape index (κ2) is 15.0. The third kappa shape index (κ3) is 7.75. The molecule has 2 amide bonds. The maximum atomic E-state index is 12.7. The number of ether oxygens (including phenoxy) is 2. The van der Waals surface area contributed by atoms with Gasteiger partial charge >= 0.3 is 12.2 Å². The molecule has 8 unspecified atom stereocenters. The molecule has 2 fully saturated rings. The van der Waals surface area contributed by atoms with E-state index in [2.05, 4.69) is 104 Å². The molecule has 8 heteroatoms. The van der Waals surface area contributed by atoms with Gasteiger partial charge in [0.1, 0.15) is 12.2 Å². The minimum Gasteiger partial charge on any atom is -0.446 e. The van der Waals surface area contributed by atoms with Crippen LogP contribution in [0.3, 0.4) is 0 Å². The summed E-state index contributed by atoms with van der Waals surface area (Å²) < 4.78 is 12.0. The SMILES string of the molecule is CCC1(C)CC(OC(=O)NCCCCCCNC(=O)OC2CC(C)(CC)N(C)C(C)(CC)C2C)C(C)C(C)(CC)N1C. The number of piperidine rings is 2. The van der Waals surface area contributed by atoms with Crippen molar-refractivity contribution in [1.82, 2.24) is 20.4 Å². The van der Waals surface area contributed by atoms with Crippen molar-refractivity contribution in [3.63, 3.8) is 0 Å². The van der Waals surface area contributed by atoms with Crippen LogP contribution in [0.25, 0.3) is 0 Å². The van der Waals surface area contributed by atoms with Crippen LogP contribution in [-0.2, 0) is 9.47 Å². The van der Waals surface area contributed by atoms with Crippen molar-refractivity contribution in [2.75, 3.05) is 27.2 Å². The molecule has 2 aliphatic heterocycles. The Balaban J connectivity index is 1.68. The zero-order valence-electron chi connectivity index (χ0n) is 29.3. The van der Waals surface area contributed by atoms with Gasteiger partial charge in [-0.3, -0.25) is 9.80 Å². The highest BCUT2D eigenvalue weighted by atomic mass is 16.6. The second-order valence-electron chi connectivity index (χ2n) is 14.4. The van der Waals surface area contributed by atoms with E-state index in [9.17, 15) is 9.59 Å². The number of nitrogens with zero attached hydrogens (tertiary/aromatic N) is 2. The summed E-state index contributed by atoms with van der Waals surface area (Å²) in [6, 6.07) is 0. The Labute approximate surface area is 258 Å². The minimum atomic E-state index is -0.306. The molecule has 2 aliphatic rings. The molecule has 8 atom stereocenters. The predicted octanol–water partition coefficient (Wildman–Crippen LogP) is 7.35. The van der Waals surface area contributed by atoms with E-state index in [0.717, 1.165) is 64.2 Å². The number of alkyl carbamates (subject to hydrolysis) is 2. The third-order valence-electron chi connectivity index (χ3n) is 12.6.